The average Bonchev–Trinajstić information content (AvgIpc) is 1.63. The normalized spacial score (nSPS) is 8.33. The van der Waals surface area contributed by atoms with Gasteiger partial charge in [0, 0.05) is 6.04 Å². The van der Waals surface area contributed by atoms with E-state index < -0.39 is 0 Å². The number of nitrogens with zero attached hydrogens (tertiary/aromatic N) is 1. The molecule has 4 heteroatoms. The molecule has 0 aliphatic heterocycles. The van der Waals surface area contributed by atoms with Gasteiger partial charge in [0.25, 0.3) is 0 Å². The van der Waals surface area contributed by atoms with E-state index in [1.807, 2.05) is 13.8 Å². The lowest BCUT2D eigenvalue weighted by Gasteiger charge is -2.03. The predicted octanol–water partition coefficient (Wildman–Crippen LogP) is 0.605. The number of isocyanates is 1. The third kappa shape index (κ3) is 5.14. The number of carbonyl (C=O) groups excluding carboxylic acids is 1. The van der Waals surface area contributed by atoms with Gasteiger partial charge in [-0.1, -0.05) is 0 Å². The van der Waals surface area contributed by atoms with Crippen LogP contribution in [0.15, 0.2) is 4.99 Å². The highest BCUT2D eigenvalue weighted by molar-refractivity contribution is 7.80. The molecule has 0 rings (SSSR count). The molecule has 0 aromatic heterocycles. The highest BCUT2D eigenvalue weighted by Gasteiger charge is 1.92. The third-order valence-corrected chi connectivity index (χ3v) is 0.768. The van der Waals surface area contributed by atoms with E-state index in [4.69, 9.17) is 0 Å². The zero-order chi connectivity index (χ0) is 7.28. The second-order valence-electron chi connectivity index (χ2n) is 1.81. The maximum absolute atomic E-state index is 9.58. The van der Waals surface area contributed by atoms with Crippen LogP contribution < -0.4 is 5.32 Å². The summed E-state index contributed by atoms with van der Waals surface area (Å²) in [7, 11) is 0. The molecule has 0 saturated carbocycles. The lowest BCUT2D eigenvalue weighted by atomic mass is 10.4. The minimum Gasteiger partial charge on any atom is -0.358 e. The molecule has 0 radical (unpaired) electrons. The highest BCUT2D eigenvalue weighted by Crippen LogP contribution is 1.78. The first-order valence-electron chi connectivity index (χ1n) is 2.55. The van der Waals surface area contributed by atoms with Crippen LogP contribution in [0.1, 0.15) is 13.8 Å². The molecule has 0 bridgehead atoms. The van der Waals surface area contributed by atoms with Crippen molar-refractivity contribution in [2.24, 2.45) is 4.99 Å². The number of nitrogens with one attached hydrogen (secondary N) is 1. The molecule has 3 nitrogen and oxygen atoms in total. The van der Waals surface area contributed by atoms with Crippen LogP contribution in [0.5, 0.6) is 0 Å². The van der Waals surface area contributed by atoms with Crippen LogP contribution >= 0.6 is 12.2 Å². The van der Waals surface area contributed by atoms with Gasteiger partial charge in [-0.05, 0) is 26.1 Å². The Hall–Kier alpha value is -0.730. The van der Waals surface area contributed by atoms with Crippen molar-refractivity contribution in [3.05, 3.63) is 0 Å². The Kier molecular flexibility index (Phi) is 3.84. The predicted molar refractivity (Wildman–Crippen MR) is 39.0 cm³/mol. The quantitative estimate of drug-likeness (QED) is 0.333. The van der Waals surface area contributed by atoms with Crippen LogP contribution in [0.3, 0.4) is 0 Å². The summed E-state index contributed by atoms with van der Waals surface area (Å²) in [6, 6.07) is 0.217. The Morgan fingerprint density at radius 3 is 2.67 bits per heavy atom. The largest absolute Gasteiger partial charge is 0.358 e. The Morgan fingerprint density at radius 2 is 2.33 bits per heavy atom. The van der Waals surface area contributed by atoms with Crippen LogP contribution in [0.2, 0.25) is 0 Å². The number of hydrogen-bond acceptors (Lipinski definition) is 2. The number of rotatable bonds is 1. The maximum atomic E-state index is 9.58. The Balaban J connectivity index is 3.64. The van der Waals surface area contributed by atoms with E-state index in [0.717, 1.165) is 0 Å². The molecule has 0 saturated heterocycles. The summed E-state index contributed by atoms with van der Waals surface area (Å²) < 4.78 is 0. The van der Waals surface area contributed by atoms with Gasteiger partial charge in [0.15, 0.2) is 0 Å². The minimum atomic E-state index is 0.194. The molecule has 0 aliphatic rings. The van der Waals surface area contributed by atoms with Crippen molar-refractivity contribution in [1.29, 1.82) is 0 Å². The maximum Gasteiger partial charge on any atom is 0.242 e. The van der Waals surface area contributed by atoms with Gasteiger partial charge >= 0.3 is 0 Å². The van der Waals surface area contributed by atoms with Crippen molar-refractivity contribution < 1.29 is 4.79 Å². The molecular formula is C5H8N2OS. The molecule has 1 N–H and O–H groups in total. The zero-order valence-electron chi connectivity index (χ0n) is 5.34. The van der Waals surface area contributed by atoms with E-state index in [9.17, 15) is 4.79 Å². The second kappa shape index (κ2) is 4.18. The minimum absolute atomic E-state index is 0.194. The summed E-state index contributed by atoms with van der Waals surface area (Å²) >= 11 is 4.59. The molecule has 0 spiro atoms. The molecule has 0 aromatic carbocycles. The molecule has 0 aromatic rings. The van der Waals surface area contributed by atoms with Gasteiger partial charge in [-0.3, -0.25) is 0 Å². The molecule has 0 amide bonds. The van der Waals surface area contributed by atoms with Gasteiger partial charge in [-0.15, -0.1) is 4.99 Å². The fourth-order valence-corrected chi connectivity index (χ4v) is 0.594. The highest BCUT2D eigenvalue weighted by atomic mass is 32.1. The van der Waals surface area contributed by atoms with Crippen LogP contribution in [-0.2, 0) is 4.79 Å². The summed E-state index contributed by atoms with van der Waals surface area (Å²) in [6.07, 6.45) is 1.34. The van der Waals surface area contributed by atoms with Crippen molar-refractivity contribution in [3.63, 3.8) is 0 Å². The fraction of sp³-hybridized carbons (Fsp3) is 0.600. The van der Waals surface area contributed by atoms with Gasteiger partial charge < -0.3 is 5.32 Å². The first kappa shape index (κ1) is 8.27. The number of hydrogen-bond donors (Lipinski definition) is 1. The second-order valence-corrected chi connectivity index (χ2v) is 2.19. The van der Waals surface area contributed by atoms with Gasteiger partial charge in [-0.25, -0.2) is 4.79 Å². The van der Waals surface area contributed by atoms with Crippen molar-refractivity contribution in [1.82, 2.24) is 5.32 Å². The van der Waals surface area contributed by atoms with Crippen molar-refractivity contribution in [2.45, 2.75) is 19.9 Å². The van der Waals surface area contributed by atoms with Crippen molar-refractivity contribution in [2.75, 3.05) is 0 Å². The van der Waals surface area contributed by atoms with Gasteiger partial charge in [0.2, 0.25) is 11.2 Å². The molecule has 0 fully saturated rings. The number of aliphatic imine (C=N–C) groups is 1. The monoisotopic (exact) mass is 144 g/mol. The summed E-state index contributed by atoms with van der Waals surface area (Å²) in [5.74, 6) is 0. The molecular weight excluding hydrogens is 136 g/mol. The van der Waals surface area contributed by atoms with E-state index in [2.05, 4.69) is 22.5 Å². The molecule has 50 valence electrons. The molecule has 0 unspecified atom stereocenters. The third-order valence-electron chi connectivity index (χ3n) is 0.559. The summed E-state index contributed by atoms with van der Waals surface area (Å²) in [5.41, 5.74) is 0. The average molecular weight is 144 g/mol. The van der Waals surface area contributed by atoms with Crippen LogP contribution in [0.25, 0.3) is 0 Å². The Bertz CT molecular complexity index is 149. The lowest BCUT2D eigenvalue weighted by Crippen LogP contribution is -2.26. The van der Waals surface area contributed by atoms with Crippen LogP contribution in [-0.4, -0.2) is 17.2 Å². The van der Waals surface area contributed by atoms with Crippen LogP contribution in [0.4, 0.5) is 0 Å². The topological polar surface area (TPSA) is 41.5 Å². The summed E-state index contributed by atoms with van der Waals surface area (Å²) in [5, 5.41) is 2.94. The van der Waals surface area contributed by atoms with Gasteiger partial charge in [0.05, 0.1) is 0 Å². The van der Waals surface area contributed by atoms with E-state index in [-0.39, 0.29) is 11.2 Å². The molecule has 9 heavy (non-hydrogen) atoms. The molecule has 0 atom stereocenters. The summed E-state index contributed by atoms with van der Waals surface area (Å²) in [6.45, 7) is 3.82. The Labute approximate surface area is 59.2 Å². The SMILES string of the molecule is CC(C)NC(=S)N=C=O. The van der Waals surface area contributed by atoms with E-state index in [1.54, 1.807) is 0 Å². The van der Waals surface area contributed by atoms with Crippen molar-refractivity contribution in [3.8, 4) is 0 Å². The summed E-state index contributed by atoms with van der Waals surface area (Å²) in [4.78, 5) is 12.8. The van der Waals surface area contributed by atoms with Crippen LogP contribution in [0, 0.1) is 0 Å². The van der Waals surface area contributed by atoms with E-state index in [1.165, 1.54) is 6.08 Å². The molecule has 0 heterocycles. The Morgan fingerprint density at radius 1 is 1.78 bits per heavy atom. The van der Waals surface area contributed by atoms with E-state index in [0.29, 0.717) is 0 Å². The lowest BCUT2D eigenvalue weighted by molar-refractivity contribution is 0.565. The fourth-order valence-electron chi connectivity index (χ4n) is 0.321. The first-order valence-corrected chi connectivity index (χ1v) is 2.96. The molecule has 0 aliphatic carbocycles. The van der Waals surface area contributed by atoms with Crippen molar-refractivity contribution >= 4 is 23.4 Å². The van der Waals surface area contributed by atoms with Gasteiger partial charge in [-0.2, -0.15) is 0 Å². The standard InChI is InChI=1S/C5H8N2OS/c1-4(2)7-5(9)6-3-8/h4H,1-2H3,(H,7,9). The first-order chi connectivity index (χ1) is 4.16. The van der Waals surface area contributed by atoms with E-state index >= 15 is 0 Å². The number of thiocarbonyl (C=S) groups is 1. The zero-order valence-corrected chi connectivity index (χ0v) is 6.16. The smallest absolute Gasteiger partial charge is 0.242 e. The van der Waals surface area contributed by atoms with Gasteiger partial charge in [0.1, 0.15) is 0 Å².